The lowest BCUT2D eigenvalue weighted by Gasteiger charge is -2.23. The highest BCUT2D eigenvalue weighted by Gasteiger charge is 2.12. The monoisotopic (exact) mass is 404 g/mol. The van der Waals surface area contributed by atoms with Gasteiger partial charge in [0, 0.05) is 44.2 Å². The van der Waals surface area contributed by atoms with Crippen LogP contribution in [0.5, 0.6) is 11.5 Å². The third-order valence-corrected chi connectivity index (χ3v) is 5.68. The van der Waals surface area contributed by atoms with E-state index < -0.39 is 0 Å². The van der Waals surface area contributed by atoms with E-state index >= 15 is 0 Å². The number of hydrogen-bond acceptors (Lipinski definition) is 5. The number of nitrogens with zero attached hydrogens (tertiary/aromatic N) is 3. The molecule has 0 amide bonds. The molecule has 0 aliphatic rings. The highest BCUT2D eigenvalue weighted by Crippen LogP contribution is 2.30. The van der Waals surface area contributed by atoms with Gasteiger partial charge in [-0.25, -0.2) is 4.98 Å². The summed E-state index contributed by atoms with van der Waals surface area (Å²) in [6.07, 6.45) is 3.88. The van der Waals surface area contributed by atoms with Crippen molar-refractivity contribution < 1.29 is 9.47 Å². The Morgan fingerprint density at radius 3 is 2.54 bits per heavy atom. The maximum absolute atomic E-state index is 5.45. The van der Waals surface area contributed by atoms with Crippen LogP contribution in [0.4, 0.5) is 0 Å². The van der Waals surface area contributed by atoms with Gasteiger partial charge in [-0.05, 0) is 43.5 Å². The lowest BCUT2D eigenvalue weighted by molar-refractivity contribution is 0.353. The molecule has 0 bridgehead atoms. The lowest BCUT2D eigenvalue weighted by Crippen LogP contribution is -2.38. The summed E-state index contributed by atoms with van der Waals surface area (Å²) in [6.45, 7) is 8.60. The minimum Gasteiger partial charge on any atom is -0.493 e. The average Bonchev–Trinajstić information content (AvgIpc) is 3.16. The van der Waals surface area contributed by atoms with Crippen LogP contribution in [-0.2, 0) is 19.4 Å². The summed E-state index contributed by atoms with van der Waals surface area (Å²) in [5.74, 6) is 2.39. The van der Waals surface area contributed by atoms with E-state index in [2.05, 4.69) is 43.0 Å². The van der Waals surface area contributed by atoms with E-state index in [4.69, 9.17) is 14.5 Å². The van der Waals surface area contributed by atoms with Gasteiger partial charge >= 0.3 is 0 Å². The summed E-state index contributed by atoms with van der Waals surface area (Å²) in [5.41, 5.74) is 2.34. The fourth-order valence-corrected chi connectivity index (χ4v) is 3.73. The number of hydrogen-bond donors (Lipinski definition) is 1. The van der Waals surface area contributed by atoms with E-state index in [0.29, 0.717) is 6.54 Å². The Balaban J connectivity index is 2.08. The quantitative estimate of drug-likeness (QED) is 0.510. The van der Waals surface area contributed by atoms with Gasteiger partial charge in [0.15, 0.2) is 17.5 Å². The average molecular weight is 405 g/mol. The number of methoxy groups -OCH3 is 2. The number of ether oxygens (including phenoxy) is 2. The highest BCUT2D eigenvalue weighted by molar-refractivity contribution is 7.11. The van der Waals surface area contributed by atoms with Crippen molar-refractivity contribution in [1.29, 1.82) is 0 Å². The van der Waals surface area contributed by atoms with Crippen LogP contribution in [0.15, 0.2) is 23.3 Å². The van der Waals surface area contributed by atoms with Crippen LogP contribution in [0.3, 0.4) is 0 Å². The molecule has 2 rings (SSSR count). The molecule has 0 radical (unpaired) electrons. The summed E-state index contributed by atoms with van der Waals surface area (Å²) in [6, 6.07) is 4.05. The predicted octanol–water partition coefficient (Wildman–Crippen LogP) is 3.67. The van der Waals surface area contributed by atoms with Crippen LogP contribution in [0, 0.1) is 6.92 Å². The first-order chi connectivity index (χ1) is 13.5. The first kappa shape index (κ1) is 22.0. The van der Waals surface area contributed by atoms with Crippen LogP contribution in [0.2, 0.25) is 0 Å². The van der Waals surface area contributed by atoms with Crippen LogP contribution in [0.25, 0.3) is 0 Å². The molecule has 7 heteroatoms. The summed E-state index contributed by atoms with van der Waals surface area (Å²) in [4.78, 5) is 12.7. The fraction of sp³-hybridized carbons (Fsp3) is 0.524. The summed E-state index contributed by atoms with van der Waals surface area (Å²) < 4.78 is 10.8. The lowest BCUT2D eigenvalue weighted by atomic mass is 10.1. The number of aromatic nitrogens is 1. The zero-order chi connectivity index (χ0) is 20.5. The zero-order valence-electron chi connectivity index (χ0n) is 17.8. The van der Waals surface area contributed by atoms with Crippen molar-refractivity contribution in [3.05, 3.63) is 39.3 Å². The number of guanidine groups is 1. The van der Waals surface area contributed by atoms with Gasteiger partial charge < -0.3 is 19.7 Å². The Morgan fingerprint density at radius 1 is 1.21 bits per heavy atom. The number of benzene rings is 1. The van der Waals surface area contributed by atoms with Crippen molar-refractivity contribution in [2.75, 3.05) is 34.4 Å². The van der Waals surface area contributed by atoms with E-state index in [1.54, 1.807) is 25.6 Å². The Morgan fingerprint density at radius 2 is 1.93 bits per heavy atom. The molecule has 28 heavy (non-hydrogen) atoms. The van der Waals surface area contributed by atoms with E-state index in [1.807, 2.05) is 18.3 Å². The molecule has 0 saturated heterocycles. The molecular weight excluding hydrogens is 372 g/mol. The third-order valence-electron chi connectivity index (χ3n) is 4.48. The van der Waals surface area contributed by atoms with Crippen LogP contribution in [-0.4, -0.2) is 50.2 Å². The molecule has 1 aromatic heterocycles. The second-order valence-electron chi connectivity index (χ2n) is 6.55. The fourth-order valence-electron chi connectivity index (χ4n) is 2.88. The van der Waals surface area contributed by atoms with Crippen molar-refractivity contribution >= 4 is 17.3 Å². The van der Waals surface area contributed by atoms with Gasteiger partial charge in [0.2, 0.25) is 0 Å². The second-order valence-corrected chi connectivity index (χ2v) is 7.75. The molecule has 1 aromatic carbocycles. The predicted molar refractivity (Wildman–Crippen MR) is 117 cm³/mol. The maximum atomic E-state index is 5.45. The second kappa shape index (κ2) is 10.9. The Kier molecular flexibility index (Phi) is 8.57. The minimum atomic E-state index is 0.717. The molecule has 2 aromatic rings. The number of aliphatic imine (C=N–C) groups is 1. The zero-order valence-corrected chi connectivity index (χ0v) is 18.7. The van der Waals surface area contributed by atoms with E-state index in [-0.39, 0.29) is 0 Å². The summed E-state index contributed by atoms with van der Waals surface area (Å²) in [5, 5.41) is 4.53. The normalized spacial score (nSPS) is 11.4. The molecule has 0 saturated carbocycles. The van der Waals surface area contributed by atoms with Gasteiger partial charge in [0.1, 0.15) is 0 Å². The van der Waals surface area contributed by atoms with Crippen molar-refractivity contribution in [3.63, 3.8) is 0 Å². The molecule has 1 heterocycles. The van der Waals surface area contributed by atoms with Gasteiger partial charge in [-0.2, -0.15) is 0 Å². The van der Waals surface area contributed by atoms with Gasteiger partial charge in [0.25, 0.3) is 0 Å². The van der Waals surface area contributed by atoms with Crippen LogP contribution < -0.4 is 14.8 Å². The maximum Gasteiger partial charge on any atom is 0.193 e. The van der Waals surface area contributed by atoms with Crippen molar-refractivity contribution in [3.8, 4) is 11.5 Å². The molecular formula is C21H32N4O2S. The molecule has 0 atom stereocenters. The van der Waals surface area contributed by atoms with E-state index in [9.17, 15) is 0 Å². The molecule has 0 unspecified atom stereocenters. The third kappa shape index (κ3) is 5.86. The number of nitrogens with one attached hydrogen (secondary N) is 1. The summed E-state index contributed by atoms with van der Waals surface area (Å²) >= 11 is 1.78. The number of aryl methyl sites for hydroxylation is 2. The number of thiazole rings is 1. The largest absolute Gasteiger partial charge is 0.493 e. The first-order valence-electron chi connectivity index (χ1n) is 9.66. The first-order valence-corrected chi connectivity index (χ1v) is 10.5. The SMILES string of the molecule is CCNC(=NCCc1ncc(CC)s1)N(C)Cc1cc(OC)c(OC)cc1C. The molecule has 0 fully saturated rings. The topological polar surface area (TPSA) is 59.0 Å². The Hall–Kier alpha value is -2.28. The Labute approximate surface area is 172 Å². The van der Waals surface area contributed by atoms with Crippen molar-refractivity contribution in [1.82, 2.24) is 15.2 Å². The summed E-state index contributed by atoms with van der Waals surface area (Å²) in [7, 11) is 5.37. The van der Waals surface area contributed by atoms with Crippen molar-refractivity contribution in [2.45, 2.75) is 40.2 Å². The van der Waals surface area contributed by atoms with Gasteiger partial charge in [-0.15, -0.1) is 11.3 Å². The van der Waals surface area contributed by atoms with E-state index in [0.717, 1.165) is 54.0 Å². The molecule has 6 nitrogen and oxygen atoms in total. The van der Waals surface area contributed by atoms with Gasteiger partial charge in [-0.3, -0.25) is 4.99 Å². The van der Waals surface area contributed by atoms with E-state index in [1.165, 1.54) is 10.4 Å². The van der Waals surface area contributed by atoms with Gasteiger partial charge in [0.05, 0.1) is 19.2 Å². The van der Waals surface area contributed by atoms with Crippen molar-refractivity contribution in [2.24, 2.45) is 4.99 Å². The highest BCUT2D eigenvalue weighted by atomic mass is 32.1. The standard InChI is InChI=1S/C21H32N4O2S/c1-7-17-13-24-20(28-17)9-10-23-21(22-8-2)25(4)14-16-12-19(27-6)18(26-5)11-15(16)3/h11-13H,7-10,14H2,1-6H3,(H,22,23). The van der Waals surface area contributed by atoms with Crippen LogP contribution >= 0.6 is 11.3 Å². The number of rotatable bonds is 9. The molecule has 0 spiro atoms. The molecule has 0 aliphatic heterocycles. The van der Waals surface area contributed by atoms with Crippen LogP contribution in [0.1, 0.15) is 34.9 Å². The molecule has 154 valence electrons. The smallest absolute Gasteiger partial charge is 0.193 e. The van der Waals surface area contributed by atoms with Gasteiger partial charge in [-0.1, -0.05) is 6.92 Å². The molecule has 0 aliphatic carbocycles. The Bertz CT molecular complexity index is 789. The molecule has 1 N–H and O–H groups in total. The minimum absolute atomic E-state index is 0.717.